The minimum absolute atomic E-state index is 0.237. The molecule has 3 aromatic rings. The standard InChI is InChI=1S/C21H27N5O/c1-5-15(6-2)16-7-8-20-19(11-16)26-17(9-10-27-20)12-18(24-26)21-22-13-23-25(21)14(3)4/h7-8,11-15H,5-6,9-10H2,1-4H3. The van der Waals surface area contributed by atoms with Gasteiger partial charge in [-0.05, 0) is 56.4 Å². The second-order valence-electron chi connectivity index (χ2n) is 7.39. The maximum Gasteiger partial charge on any atom is 0.178 e. The van der Waals surface area contributed by atoms with Crippen LogP contribution in [0.1, 0.15) is 63.8 Å². The Hall–Kier alpha value is -2.63. The van der Waals surface area contributed by atoms with E-state index in [1.165, 1.54) is 5.56 Å². The average molecular weight is 365 g/mol. The highest BCUT2D eigenvalue weighted by Gasteiger charge is 2.22. The lowest BCUT2D eigenvalue weighted by Crippen LogP contribution is -2.06. The van der Waals surface area contributed by atoms with E-state index in [0.717, 1.165) is 47.9 Å². The molecule has 1 aliphatic heterocycles. The minimum atomic E-state index is 0.237. The highest BCUT2D eigenvalue weighted by Crippen LogP contribution is 2.34. The molecule has 27 heavy (non-hydrogen) atoms. The smallest absolute Gasteiger partial charge is 0.178 e. The molecule has 0 amide bonds. The fourth-order valence-electron chi connectivity index (χ4n) is 3.83. The summed E-state index contributed by atoms with van der Waals surface area (Å²) in [5.74, 6) is 2.26. The number of ether oxygens (including phenoxy) is 1. The minimum Gasteiger partial charge on any atom is -0.491 e. The largest absolute Gasteiger partial charge is 0.491 e. The third kappa shape index (κ3) is 3.13. The number of benzene rings is 1. The van der Waals surface area contributed by atoms with Crippen molar-refractivity contribution in [2.75, 3.05) is 6.61 Å². The van der Waals surface area contributed by atoms with Crippen molar-refractivity contribution < 1.29 is 4.74 Å². The summed E-state index contributed by atoms with van der Waals surface area (Å²) in [6.45, 7) is 9.34. The normalized spacial score (nSPS) is 13.4. The molecule has 4 rings (SSSR count). The van der Waals surface area contributed by atoms with E-state index in [4.69, 9.17) is 9.84 Å². The molecule has 6 nitrogen and oxygen atoms in total. The van der Waals surface area contributed by atoms with E-state index in [1.54, 1.807) is 6.33 Å². The fraction of sp³-hybridized carbons (Fsp3) is 0.476. The van der Waals surface area contributed by atoms with Crippen molar-refractivity contribution in [1.29, 1.82) is 0 Å². The maximum atomic E-state index is 5.99. The van der Waals surface area contributed by atoms with Crippen molar-refractivity contribution in [3.05, 3.63) is 41.9 Å². The first kappa shape index (κ1) is 17.8. The van der Waals surface area contributed by atoms with Crippen molar-refractivity contribution in [3.8, 4) is 23.0 Å². The van der Waals surface area contributed by atoms with Gasteiger partial charge in [0, 0.05) is 18.2 Å². The molecule has 0 saturated carbocycles. The highest BCUT2D eigenvalue weighted by molar-refractivity contribution is 5.56. The Balaban J connectivity index is 1.82. The molecule has 0 bridgehead atoms. The van der Waals surface area contributed by atoms with Crippen molar-refractivity contribution in [1.82, 2.24) is 24.5 Å². The Morgan fingerprint density at radius 2 is 1.96 bits per heavy atom. The van der Waals surface area contributed by atoms with Crippen molar-refractivity contribution in [2.45, 2.75) is 58.9 Å². The van der Waals surface area contributed by atoms with E-state index in [0.29, 0.717) is 12.5 Å². The lowest BCUT2D eigenvalue weighted by Gasteiger charge is -2.16. The Morgan fingerprint density at radius 1 is 1.15 bits per heavy atom. The molecule has 0 saturated heterocycles. The SMILES string of the molecule is CCC(CC)c1ccc2c(c1)-n1nc(-c3ncnn3C(C)C)cc1CCO2. The molecule has 0 fully saturated rings. The highest BCUT2D eigenvalue weighted by atomic mass is 16.5. The predicted octanol–water partition coefficient (Wildman–Crippen LogP) is 4.55. The summed E-state index contributed by atoms with van der Waals surface area (Å²) >= 11 is 0. The van der Waals surface area contributed by atoms with E-state index in [-0.39, 0.29) is 6.04 Å². The van der Waals surface area contributed by atoms with Gasteiger partial charge < -0.3 is 4.74 Å². The molecular formula is C21H27N5O. The third-order valence-electron chi connectivity index (χ3n) is 5.36. The summed E-state index contributed by atoms with van der Waals surface area (Å²) in [5, 5.41) is 9.26. The van der Waals surface area contributed by atoms with Crippen LogP contribution in [0, 0.1) is 0 Å². The molecule has 2 aromatic heterocycles. The van der Waals surface area contributed by atoms with E-state index >= 15 is 0 Å². The van der Waals surface area contributed by atoms with Crippen molar-refractivity contribution in [2.24, 2.45) is 0 Å². The molecule has 142 valence electrons. The van der Waals surface area contributed by atoms with Crippen LogP contribution in [-0.2, 0) is 6.42 Å². The van der Waals surface area contributed by atoms with Crippen LogP contribution < -0.4 is 4.74 Å². The molecule has 6 heteroatoms. The second-order valence-corrected chi connectivity index (χ2v) is 7.39. The number of rotatable bonds is 5. The topological polar surface area (TPSA) is 57.8 Å². The number of hydrogen-bond donors (Lipinski definition) is 0. The van der Waals surface area contributed by atoms with Gasteiger partial charge in [-0.25, -0.2) is 14.3 Å². The van der Waals surface area contributed by atoms with E-state index < -0.39 is 0 Å². The summed E-state index contributed by atoms with van der Waals surface area (Å²) in [5.41, 5.74) is 4.37. The van der Waals surface area contributed by atoms with E-state index in [2.05, 4.69) is 62.0 Å². The molecule has 0 atom stereocenters. The molecule has 1 aliphatic rings. The maximum absolute atomic E-state index is 5.99. The van der Waals surface area contributed by atoms with Crippen LogP contribution in [0.2, 0.25) is 0 Å². The summed E-state index contributed by atoms with van der Waals surface area (Å²) in [7, 11) is 0. The quantitative estimate of drug-likeness (QED) is 0.665. The lowest BCUT2D eigenvalue weighted by atomic mass is 9.93. The number of nitrogens with zero attached hydrogens (tertiary/aromatic N) is 5. The van der Waals surface area contributed by atoms with Gasteiger partial charge in [-0.2, -0.15) is 10.2 Å². The molecule has 0 spiro atoms. The Labute approximate surface area is 160 Å². The van der Waals surface area contributed by atoms with Crippen molar-refractivity contribution >= 4 is 0 Å². The molecule has 0 unspecified atom stereocenters. The van der Waals surface area contributed by atoms with Crippen LogP contribution in [0.3, 0.4) is 0 Å². The zero-order valence-corrected chi connectivity index (χ0v) is 16.5. The zero-order valence-electron chi connectivity index (χ0n) is 16.5. The van der Waals surface area contributed by atoms with Crippen LogP contribution in [0.25, 0.3) is 17.2 Å². The molecule has 0 radical (unpaired) electrons. The zero-order chi connectivity index (χ0) is 19.0. The predicted molar refractivity (Wildman–Crippen MR) is 105 cm³/mol. The first-order chi connectivity index (χ1) is 13.1. The van der Waals surface area contributed by atoms with Gasteiger partial charge in [-0.3, -0.25) is 0 Å². The van der Waals surface area contributed by atoms with Gasteiger partial charge in [-0.15, -0.1) is 0 Å². The van der Waals surface area contributed by atoms with Crippen LogP contribution in [0.5, 0.6) is 5.75 Å². The molecule has 0 N–H and O–H groups in total. The number of aromatic nitrogens is 5. The first-order valence-electron chi connectivity index (χ1n) is 9.88. The number of fused-ring (bicyclic) bond motifs is 3. The van der Waals surface area contributed by atoms with Gasteiger partial charge in [0.25, 0.3) is 0 Å². The monoisotopic (exact) mass is 365 g/mol. The van der Waals surface area contributed by atoms with Gasteiger partial charge in [0.15, 0.2) is 5.82 Å². The first-order valence-corrected chi connectivity index (χ1v) is 9.88. The second kappa shape index (κ2) is 7.18. The van der Waals surface area contributed by atoms with Gasteiger partial charge in [0.2, 0.25) is 0 Å². The summed E-state index contributed by atoms with van der Waals surface area (Å²) in [4.78, 5) is 4.45. The summed E-state index contributed by atoms with van der Waals surface area (Å²) in [6.07, 6.45) is 4.68. The van der Waals surface area contributed by atoms with Crippen LogP contribution >= 0.6 is 0 Å². The number of hydrogen-bond acceptors (Lipinski definition) is 4. The fourth-order valence-corrected chi connectivity index (χ4v) is 3.83. The van der Waals surface area contributed by atoms with Crippen molar-refractivity contribution in [3.63, 3.8) is 0 Å². The summed E-state index contributed by atoms with van der Waals surface area (Å²) < 4.78 is 9.94. The van der Waals surface area contributed by atoms with Gasteiger partial charge in [-0.1, -0.05) is 19.9 Å². The van der Waals surface area contributed by atoms with Crippen LogP contribution in [-0.4, -0.2) is 31.2 Å². The van der Waals surface area contributed by atoms with Gasteiger partial charge in [0.1, 0.15) is 23.5 Å². The van der Waals surface area contributed by atoms with Crippen LogP contribution in [0.4, 0.5) is 0 Å². The Morgan fingerprint density at radius 3 is 2.70 bits per heavy atom. The Kier molecular flexibility index (Phi) is 4.72. The van der Waals surface area contributed by atoms with E-state index in [9.17, 15) is 0 Å². The average Bonchev–Trinajstić information content (AvgIpc) is 3.27. The Bertz CT molecular complexity index is 936. The molecule has 3 heterocycles. The van der Waals surface area contributed by atoms with Gasteiger partial charge in [0.05, 0.1) is 6.61 Å². The van der Waals surface area contributed by atoms with Gasteiger partial charge >= 0.3 is 0 Å². The molecular weight excluding hydrogens is 338 g/mol. The molecule has 0 aliphatic carbocycles. The molecule has 1 aromatic carbocycles. The van der Waals surface area contributed by atoms with Crippen LogP contribution in [0.15, 0.2) is 30.6 Å². The lowest BCUT2D eigenvalue weighted by molar-refractivity contribution is 0.326. The van der Waals surface area contributed by atoms with E-state index in [1.807, 2.05) is 9.36 Å². The third-order valence-corrected chi connectivity index (χ3v) is 5.36. The summed E-state index contributed by atoms with van der Waals surface area (Å²) in [6, 6.07) is 8.88.